The van der Waals surface area contributed by atoms with Crippen molar-refractivity contribution < 1.29 is 14.3 Å². The van der Waals surface area contributed by atoms with Crippen LogP contribution in [0.3, 0.4) is 0 Å². The van der Waals surface area contributed by atoms with Crippen molar-refractivity contribution in [2.45, 2.75) is 0 Å². The molecule has 0 saturated carbocycles. The van der Waals surface area contributed by atoms with Crippen molar-refractivity contribution >= 4 is 27.8 Å². The molecular weight excluding hydrogens is 394 g/mol. The van der Waals surface area contributed by atoms with Gasteiger partial charge in [0.05, 0.1) is 13.2 Å². The Morgan fingerprint density at radius 3 is 2.46 bits per heavy atom. The Morgan fingerprint density at radius 1 is 1.08 bits per heavy atom. The number of ketones is 1. The molecular formula is C21H22BrNO3. The van der Waals surface area contributed by atoms with E-state index in [0.717, 1.165) is 48.6 Å². The fourth-order valence-electron chi connectivity index (χ4n) is 2.67. The summed E-state index contributed by atoms with van der Waals surface area (Å²) in [6, 6.07) is 15.1. The molecule has 0 aromatic heterocycles. The van der Waals surface area contributed by atoms with Gasteiger partial charge in [0.1, 0.15) is 12.4 Å². The van der Waals surface area contributed by atoms with Gasteiger partial charge in [-0.05, 0) is 48.0 Å². The Kier molecular flexibility index (Phi) is 7.00. The first-order valence-electron chi connectivity index (χ1n) is 8.72. The molecule has 4 nitrogen and oxygen atoms in total. The number of allylic oxidation sites excluding steroid dienone is 1. The summed E-state index contributed by atoms with van der Waals surface area (Å²) < 4.78 is 12.1. The molecule has 3 rings (SSSR count). The number of benzene rings is 2. The second-order valence-corrected chi connectivity index (χ2v) is 6.99. The number of hydrogen-bond donors (Lipinski definition) is 0. The quantitative estimate of drug-likeness (QED) is 0.504. The monoisotopic (exact) mass is 415 g/mol. The molecule has 0 bridgehead atoms. The minimum atomic E-state index is -0.0108. The first-order valence-corrected chi connectivity index (χ1v) is 9.51. The number of morpholine rings is 1. The Balaban J connectivity index is 1.47. The molecule has 1 saturated heterocycles. The third-order valence-corrected chi connectivity index (χ3v) is 4.74. The maximum Gasteiger partial charge on any atom is 0.185 e. The molecule has 0 spiro atoms. The van der Waals surface area contributed by atoms with Gasteiger partial charge in [-0.15, -0.1) is 0 Å². The first kappa shape index (κ1) is 18.8. The highest BCUT2D eigenvalue weighted by atomic mass is 79.9. The zero-order valence-electron chi connectivity index (χ0n) is 14.6. The topological polar surface area (TPSA) is 38.8 Å². The summed E-state index contributed by atoms with van der Waals surface area (Å²) in [5.41, 5.74) is 1.64. The molecule has 1 heterocycles. The van der Waals surface area contributed by atoms with Crippen LogP contribution in [0.2, 0.25) is 0 Å². The molecule has 2 aromatic rings. The van der Waals surface area contributed by atoms with E-state index in [9.17, 15) is 4.79 Å². The summed E-state index contributed by atoms with van der Waals surface area (Å²) >= 11 is 3.37. The molecule has 1 aliphatic heterocycles. The Morgan fingerprint density at radius 2 is 1.77 bits per heavy atom. The smallest absolute Gasteiger partial charge is 0.185 e. The number of carbonyl (C=O) groups is 1. The van der Waals surface area contributed by atoms with Crippen LogP contribution in [-0.2, 0) is 4.74 Å². The number of nitrogens with zero attached hydrogens (tertiary/aromatic N) is 1. The van der Waals surface area contributed by atoms with Crippen molar-refractivity contribution in [1.29, 1.82) is 0 Å². The molecule has 2 aromatic carbocycles. The van der Waals surface area contributed by atoms with Crippen molar-refractivity contribution in [3.05, 3.63) is 70.2 Å². The van der Waals surface area contributed by atoms with Gasteiger partial charge in [-0.3, -0.25) is 9.69 Å². The average Bonchev–Trinajstić information content (AvgIpc) is 2.68. The second-order valence-electron chi connectivity index (χ2n) is 6.08. The molecule has 0 unspecified atom stereocenters. The van der Waals surface area contributed by atoms with E-state index in [2.05, 4.69) is 20.8 Å². The third-order valence-electron chi connectivity index (χ3n) is 4.22. The summed E-state index contributed by atoms with van der Waals surface area (Å²) in [4.78, 5) is 14.5. The van der Waals surface area contributed by atoms with Crippen LogP contribution in [-0.4, -0.2) is 50.1 Å². The van der Waals surface area contributed by atoms with Gasteiger partial charge >= 0.3 is 0 Å². The van der Waals surface area contributed by atoms with Gasteiger partial charge in [-0.1, -0.05) is 34.1 Å². The summed E-state index contributed by atoms with van der Waals surface area (Å²) in [7, 11) is 0. The highest BCUT2D eigenvalue weighted by Gasteiger charge is 2.09. The standard InChI is InChI=1S/C21H22BrNO3/c22-19-6-4-18(5-7-19)21(24)10-3-17-1-8-20(9-2-17)26-16-13-23-11-14-25-15-12-23/h1-10H,11-16H2/b10-3+. The van der Waals surface area contributed by atoms with E-state index >= 15 is 0 Å². The Bertz CT molecular complexity index is 735. The summed E-state index contributed by atoms with van der Waals surface area (Å²) in [5, 5.41) is 0. The van der Waals surface area contributed by atoms with Crippen LogP contribution >= 0.6 is 15.9 Å². The molecule has 0 N–H and O–H groups in total. The van der Waals surface area contributed by atoms with Crippen LogP contribution in [0.15, 0.2) is 59.1 Å². The lowest BCUT2D eigenvalue weighted by Crippen LogP contribution is -2.38. The molecule has 5 heteroatoms. The lowest BCUT2D eigenvalue weighted by atomic mass is 10.1. The molecule has 26 heavy (non-hydrogen) atoms. The van der Waals surface area contributed by atoms with Crippen LogP contribution in [0.1, 0.15) is 15.9 Å². The minimum absolute atomic E-state index is 0.0108. The number of ether oxygens (including phenoxy) is 2. The SMILES string of the molecule is O=C(/C=C/c1ccc(OCCN2CCOCC2)cc1)c1ccc(Br)cc1. The van der Waals surface area contributed by atoms with Gasteiger partial charge in [0, 0.05) is 29.7 Å². The summed E-state index contributed by atoms with van der Waals surface area (Å²) in [6.07, 6.45) is 3.42. The molecule has 0 amide bonds. The maximum absolute atomic E-state index is 12.1. The highest BCUT2D eigenvalue weighted by Crippen LogP contribution is 2.15. The van der Waals surface area contributed by atoms with E-state index < -0.39 is 0 Å². The van der Waals surface area contributed by atoms with E-state index in [-0.39, 0.29) is 5.78 Å². The van der Waals surface area contributed by atoms with Gasteiger partial charge in [-0.25, -0.2) is 0 Å². The van der Waals surface area contributed by atoms with Crippen LogP contribution in [0.25, 0.3) is 6.08 Å². The molecule has 0 aliphatic carbocycles. The van der Waals surface area contributed by atoms with Crippen molar-refractivity contribution in [2.75, 3.05) is 39.5 Å². The predicted octanol–water partition coefficient (Wildman–Crippen LogP) is 4.06. The minimum Gasteiger partial charge on any atom is -0.492 e. The van der Waals surface area contributed by atoms with Crippen LogP contribution < -0.4 is 4.74 Å². The normalized spacial score (nSPS) is 15.3. The van der Waals surface area contributed by atoms with Crippen LogP contribution in [0, 0.1) is 0 Å². The molecule has 136 valence electrons. The first-order chi connectivity index (χ1) is 12.7. The lowest BCUT2D eigenvalue weighted by molar-refractivity contribution is 0.0322. The molecule has 1 fully saturated rings. The van der Waals surface area contributed by atoms with Crippen molar-refractivity contribution in [3.63, 3.8) is 0 Å². The summed E-state index contributed by atoms with van der Waals surface area (Å²) in [6.45, 7) is 5.13. The van der Waals surface area contributed by atoms with E-state index in [1.807, 2.05) is 54.6 Å². The Hall–Kier alpha value is -1.95. The molecule has 1 aliphatic rings. The second kappa shape index (κ2) is 9.67. The summed E-state index contributed by atoms with van der Waals surface area (Å²) in [5.74, 6) is 0.831. The number of rotatable bonds is 7. The van der Waals surface area contributed by atoms with Crippen LogP contribution in [0.5, 0.6) is 5.75 Å². The van der Waals surface area contributed by atoms with Gasteiger partial charge in [-0.2, -0.15) is 0 Å². The predicted molar refractivity (Wildman–Crippen MR) is 107 cm³/mol. The number of hydrogen-bond acceptors (Lipinski definition) is 4. The number of halogens is 1. The van der Waals surface area contributed by atoms with E-state index in [1.54, 1.807) is 6.08 Å². The maximum atomic E-state index is 12.1. The Labute approximate surface area is 162 Å². The average molecular weight is 416 g/mol. The number of carbonyl (C=O) groups excluding carboxylic acids is 1. The van der Waals surface area contributed by atoms with Crippen molar-refractivity contribution in [1.82, 2.24) is 4.90 Å². The largest absolute Gasteiger partial charge is 0.492 e. The fourth-order valence-corrected chi connectivity index (χ4v) is 2.94. The van der Waals surface area contributed by atoms with E-state index in [1.165, 1.54) is 0 Å². The zero-order chi connectivity index (χ0) is 18.2. The molecule has 0 atom stereocenters. The third kappa shape index (κ3) is 5.80. The van der Waals surface area contributed by atoms with Gasteiger partial charge in [0.15, 0.2) is 5.78 Å². The van der Waals surface area contributed by atoms with Gasteiger partial charge in [0.25, 0.3) is 0 Å². The zero-order valence-corrected chi connectivity index (χ0v) is 16.2. The van der Waals surface area contributed by atoms with Crippen molar-refractivity contribution in [2.24, 2.45) is 0 Å². The molecule has 0 radical (unpaired) electrons. The van der Waals surface area contributed by atoms with Gasteiger partial charge < -0.3 is 9.47 Å². The van der Waals surface area contributed by atoms with Crippen molar-refractivity contribution in [3.8, 4) is 5.75 Å². The van der Waals surface area contributed by atoms with E-state index in [0.29, 0.717) is 12.2 Å². The van der Waals surface area contributed by atoms with Crippen LogP contribution in [0.4, 0.5) is 0 Å². The van der Waals surface area contributed by atoms with Gasteiger partial charge in [0.2, 0.25) is 0 Å². The highest BCUT2D eigenvalue weighted by molar-refractivity contribution is 9.10. The van der Waals surface area contributed by atoms with E-state index in [4.69, 9.17) is 9.47 Å². The fraction of sp³-hybridized carbons (Fsp3) is 0.286. The lowest BCUT2D eigenvalue weighted by Gasteiger charge is -2.26.